The molecule has 0 aliphatic heterocycles. The van der Waals surface area contributed by atoms with Gasteiger partial charge in [0.1, 0.15) is 0 Å². The first kappa shape index (κ1) is 11.0. The van der Waals surface area contributed by atoms with Crippen LogP contribution in [0.5, 0.6) is 0 Å². The molecule has 1 aromatic rings. The van der Waals surface area contributed by atoms with Crippen molar-refractivity contribution < 1.29 is 4.92 Å². The van der Waals surface area contributed by atoms with Gasteiger partial charge in [-0.2, -0.15) is 0 Å². The zero-order valence-electron chi connectivity index (χ0n) is 7.84. The van der Waals surface area contributed by atoms with Crippen molar-refractivity contribution in [1.82, 2.24) is 4.72 Å². The maximum absolute atomic E-state index is 10.8. The third kappa shape index (κ3) is 3.01. The molecule has 0 aromatic heterocycles. The summed E-state index contributed by atoms with van der Waals surface area (Å²) in [5.74, 6) is 0. The van der Waals surface area contributed by atoms with Gasteiger partial charge in [-0.1, -0.05) is 37.3 Å². The molecule has 0 spiro atoms. The maximum atomic E-state index is 10.8. The van der Waals surface area contributed by atoms with Crippen LogP contribution in [0.4, 0.5) is 0 Å². The number of rotatable bonds is 5. The Balaban J connectivity index is 2.73. The van der Waals surface area contributed by atoms with Crippen LogP contribution < -0.4 is 4.72 Å². The molecule has 0 heterocycles. The fraction of sp³-hybridized carbons (Fsp3) is 0.333. The smallest absolute Gasteiger partial charge is 0.263 e. The minimum atomic E-state index is -0.726. The van der Waals surface area contributed by atoms with E-state index in [0.29, 0.717) is 12.1 Å². The Bertz CT molecular complexity index is 292. The summed E-state index contributed by atoms with van der Waals surface area (Å²) in [6.45, 7) is 2.62. The Morgan fingerprint density at radius 2 is 2.14 bits per heavy atom. The quantitative estimate of drug-likeness (QED) is 0.352. The van der Waals surface area contributed by atoms with Gasteiger partial charge in [-0.05, 0) is 0 Å². The molecular formula is C9H12N2O2S. The summed E-state index contributed by atoms with van der Waals surface area (Å²) in [6.07, 6.45) is 0. The van der Waals surface area contributed by atoms with E-state index in [1.54, 1.807) is 24.3 Å². The number of nitrogens with one attached hydrogen (secondary N) is 1. The lowest BCUT2D eigenvalue weighted by Crippen LogP contribution is -2.13. The highest BCUT2D eigenvalue weighted by Crippen LogP contribution is 2.26. The maximum Gasteiger partial charge on any atom is 0.296 e. The first-order valence-corrected chi connectivity index (χ1v) is 5.20. The Kier molecular flexibility index (Phi) is 4.42. The molecule has 0 saturated heterocycles. The van der Waals surface area contributed by atoms with E-state index >= 15 is 0 Å². The van der Waals surface area contributed by atoms with Crippen molar-refractivity contribution in [3.05, 3.63) is 46.0 Å². The summed E-state index contributed by atoms with van der Waals surface area (Å²) in [7, 11) is 0. The fourth-order valence-electron chi connectivity index (χ4n) is 1.01. The van der Waals surface area contributed by atoms with Crippen molar-refractivity contribution in [2.24, 2.45) is 0 Å². The molecule has 0 aliphatic rings. The van der Waals surface area contributed by atoms with Crippen LogP contribution in [-0.4, -0.2) is 11.5 Å². The SMILES string of the molecule is CCNSC(c1ccccc1)[N+](=O)[O-]. The van der Waals surface area contributed by atoms with Gasteiger partial charge in [-0.3, -0.25) is 14.8 Å². The van der Waals surface area contributed by atoms with Crippen LogP contribution in [0.2, 0.25) is 0 Å². The third-order valence-electron chi connectivity index (χ3n) is 1.62. The first-order chi connectivity index (χ1) is 6.75. The summed E-state index contributed by atoms with van der Waals surface area (Å²) in [5.41, 5.74) is 0.712. The third-order valence-corrected chi connectivity index (χ3v) is 2.74. The van der Waals surface area contributed by atoms with Crippen LogP contribution in [-0.2, 0) is 0 Å². The van der Waals surface area contributed by atoms with E-state index in [-0.39, 0.29) is 4.92 Å². The molecule has 4 nitrogen and oxygen atoms in total. The van der Waals surface area contributed by atoms with Crippen LogP contribution in [0.25, 0.3) is 0 Å². The van der Waals surface area contributed by atoms with Crippen LogP contribution in [0.3, 0.4) is 0 Å². The highest BCUT2D eigenvalue weighted by Gasteiger charge is 2.22. The molecule has 1 N–H and O–H groups in total. The van der Waals surface area contributed by atoms with E-state index in [0.717, 1.165) is 11.9 Å². The van der Waals surface area contributed by atoms with Crippen LogP contribution in [0.15, 0.2) is 30.3 Å². The zero-order valence-corrected chi connectivity index (χ0v) is 8.66. The van der Waals surface area contributed by atoms with E-state index < -0.39 is 5.37 Å². The molecule has 1 unspecified atom stereocenters. The Morgan fingerprint density at radius 1 is 1.50 bits per heavy atom. The highest BCUT2D eigenvalue weighted by molar-refractivity contribution is 7.97. The van der Waals surface area contributed by atoms with Gasteiger partial charge in [0.2, 0.25) is 0 Å². The Hall–Kier alpha value is -1.07. The highest BCUT2D eigenvalue weighted by atomic mass is 32.2. The van der Waals surface area contributed by atoms with Gasteiger partial charge in [-0.25, -0.2) is 0 Å². The Morgan fingerprint density at radius 3 is 2.64 bits per heavy atom. The van der Waals surface area contributed by atoms with Gasteiger partial charge in [0.25, 0.3) is 5.37 Å². The van der Waals surface area contributed by atoms with Crippen LogP contribution in [0.1, 0.15) is 17.9 Å². The topological polar surface area (TPSA) is 55.2 Å². The average Bonchev–Trinajstić information content (AvgIpc) is 2.19. The van der Waals surface area contributed by atoms with E-state index in [1.165, 1.54) is 0 Å². The minimum Gasteiger partial charge on any atom is -0.263 e. The lowest BCUT2D eigenvalue weighted by molar-refractivity contribution is -0.500. The van der Waals surface area contributed by atoms with Gasteiger partial charge < -0.3 is 0 Å². The van der Waals surface area contributed by atoms with Crippen LogP contribution >= 0.6 is 11.9 Å². The lowest BCUT2D eigenvalue weighted by atomic mass is 10.2. The minimum absolute atomic E-state index is 0.289. The standard InChI is InChI=1S/C9H12N2O2S/c1-2-10-14-9(11(12)13)8-6-4-3-5-7-8/h3-7,9-10H,2H2,1H3. The molecule has 0 fully saturated rings. The zero-order chi connectivity index (χ0) is 10.4. The predicted molar refractivity (Wildman–Crippen MR) is 57.4 cm³/mol. The predicted octanol–water partition coefficient (Wildman–Crippen LogP) is 2.22. The monoisotopic (exact) mass is 212 g/mol. The largest absolute Gasteiger partial charge is 0.296 e. The van der Waals surface area contributed by atoms with E-state index in [9.17, 15) is 10.1 Å². The molecule has 0 amide bonds. The number of benzene rings is 1. The molecule has 5 heteroatoms. The van der Waals surface area contributed by atoms with Crippen molar-refractivity contribution in [3.8, 4) is 0 Å². The van der Waals surface area contributed by atoms with E-state index in [2.05, 4.69) is 4.72 Å². The fourth-order valence-corrected chi connectivity index (χ4v) is 1.72. The summed E-state index contributed by atoms with van der Waals surface area (Å²) < 4.78 is 2.90. The summed E-state index contributed by atoms with van der Waals surface area (Å²) in [4.78, 5) is 10.5. The van der Waals surface area contributed by atoms with E-state index in [4.69, 9.17) is 0 Å². The van der Waals surface area contributed by atoms with Crippen molar-refractivity contribution in [1.29, 1.82) is 0 Å². The van der Waals surface area contributed by atoms with Gasteiger partial charge in [0.05, 0.1) is 0 Å². The van der Waals surface area contributed by atoms with Crippen molar-refractivity contribution in [3.63, 3.8) is 0 Å². The number of hydrogen-bond acceptors (Lipinski definition) is 4. The second-order valence-electron chi connectivity index (χ2n) is 2.66. The molecule has 0 radical (unpaired) electrons. The summed E-state index contributed by atoms with van der Waals surface area (Å²) in [6, 6.07) is 8.98. The van der Waals surface area contributed by atoms with Gasteiger partial charge in [0.15, 0.2) is 0 Å². The molecular weight excluding hydrogens is 200 g/mol. The van der Waals surface area contributed by atoms with Gasteiger partial charge in [-0.15, -0.1) is 0 Å². The molecule has 14 heavy (non-hydrogen) atoms. The van der Waals surface area contributed by atoms with Crippen molar-refractivity contribution in [2.75, 3.05) is 6.54 Å². The first-order valence-electron chi connectivity index (χ1n) is 4.32. The van der Waals surface area contributed by atoms with Crippen molar-refractivity contribution in [2.45, 2.75) is 12.3 Å². The summed E-state index contributed by atoms with van der Waals surface area (Å²) in [5, 5.41) is 10.0. The number of nitrogens with zero attached hydrogens (tertiary/aromatic N) is 1. The molecule has 1 aromatic carbocycles. The van der Waals surface area contributed by atoms with E-state index in [1.807, 2.05) is 13.0 Å². The molecule has 1 rings (SSSR count). The second-order valence-corrected chi connectivity index (χ2v) is 3.64. The number of nitro groups is 1. The average molecular weight is 212 g/mol. The Labute approximate surface area is 87.0 Å². The molecule has 0 saturated carbocycles. The molecule has 0 bridgehead atoms. The normalized spacial score (nSPS) is 12.4. The summed E-state index contributed by atoms with van der Waals surface area (Å²) >= 11 is 1.13. The van der Waals surface area contributed by atoms with Crippen LogP contribution in [0, 0.1) is 10.1 Å². The second kappa shape index (κ2) is 5.62. The number of hydrogen-bond donors (Lipinski definition) is 1. The molecule has 0 aliphatic carbocycles. The van der Waals surface area contributed by atoms with Gasteiger partial charge in [0, 0.05) is 29.0 Å². The molecule has 1 atom stereocenters. The lowest BCUT2D eigenvalue weighted by Gasteiger charge is -2.08. The molecule has 76 valence electrons. The van der Waals surface area contributed by atoms with Crippen molar-refractivity contribution >= 4 is 11.9 Å². The van der Waals surface area contributed by atoms with Gasteiger partial charge >= 0.3 is 0 Å².